The zero-order valence-corrected chi connectivity index (χ0v) is 12.3. The van der Waals surface area contributed by atoms with Crippen LogP contribution < -0.4 is 0 Å². The fourth-order valence-electron chi connectivity index (χ4n) is 2.24. The fourth-order valence-corrected chi connectivity index (χ4v) is 2.24. The van der Waals surface area contributed by atoms with Crippen LogP contribution in [0.4, 0.5) is 0 Å². The van der Waals surface area contributed by atoms with Crippen LogP contribution in [-0.2, 0) is 13.5 Å². The minimum atomic E-state index is -0.318. The van der Waals surface area contributed by atoms with Crippen LogP contribution in [0.1, 0.15) is 40.7 Å². The molecule has 0 fully saturated rings. The number of aryl methyl sites for hydroxylation is 2. The number of benzene rings is 1. The first kappa shape index (κ1) is 14.5. The number of hydrogen-bond donors (Lipinski definition) is 1. The zero-order chi connectivity index (χ0) is 14.7. The molecule has 1 heterocycles. The largest absolute Gasteiger partial charge is 0.393 e. The number of carbonyl (C=O) groups is 1. The maximum absolute atomic E-state index is 12.5. The van der Waals surface area contributed by atoms with E-state index in [2.05, 4.69) is 0 Å². The molecule has 0 bridgehead atoms. The van der Waals surface area contributed by atoms with Crippen molar-refractivity contribution in [1.29, 1.82) is 0 Å². The van der Waals surface area contributed by atoms with E-state index in [-0.39, 0.29) is 11.9 Å². The summed E-state index contributed by atoms with van der Waals surface area (Å²) in [4.78, 5) is 12.5. The van der Waals surface area contributed by atoms with Crippen molar-refractivity contribution in [3.8, 4) is 0 Å². The van der Waals surface area contributed by atoms with Crippen LogP contribution in [0, 0.1) is 6.92 Å². The minimum Gasteiger partial charge on any atom is -0.393 e. The van der Waals surface area contributed by atoms with Gasteiger partial charge in [-0.2, -0.15) is 0 Å². The second kappa shape index (κ2) is 6.06. The average Bonchev–Trinajstić information content (AvgIpc) is 2.78. The summed E-state index contributed by atoms with van der Waals surface area (Å²) in [5.41, 5.74) is 3.61. The first-order valence-corrected chi connectivity index (χ1v) is 6.93. The molecule has 1 atom stereocenters. The van der Waals surface area contributed by atoms with Crippen molar-refractivity contribution in [2.24, 2.45) is 7.05 Å². The molecule has 0 radical (unpaired) electrons. The monoisotopic (exact) mass is 271 g/mol. The topological polar surface area (TPSA) is 42.2 Å². The molecule has 3 heteroatoms. The zero-order valence-electron chi connectivity index (χ0n) is 12.3. The Labute approximate surface area is 119 Å². The summed E-state index contributed by atoms with van der Waals surface area (Å²) >= 11 is 0. The minimum absolute atomic E-state index is 0.0378. The van der Waals surface area contributed by atoms with E-state index < -0.39 is 0 Å². The molecule has 0 saturated heterocycles. The van der Waals surface area contributed by atoms with Gasteiger partial charge in [-0.05, 0) is 38.8 Å². The molecule has 106 valence electrons. The Balaban J connectivity index is 2.20. The van der Waals surface area contributed by atoms with Gasteiger partial charge in [-0.25, -0.2) is 0 Å². The predicted molar refractivity (Wildman–Crippen MR) is 80.0 cm³/mol. The standard InChI is InChI=1S/C17H21NO2/c1-12-4-7-14(8-5-12)17(20)16-11-10-15(18(16)3)9-6-13(2)19/h4-5,7-8,10-11,13,19H,6,9H2,1-3H3. The molecular formula is C17H21NO2. The van der Waals surface area contributed by atoms with Gasteiger partial charge >= 0.3 is 0 Å². The first-order chi connectivity index (χ1) is 9.49. The summed E-state index contributed by atoms with van der Waals surface area (Å²) in [5, 5.41) is 9.35. The van der Waals surface area contributed by atoms with Gasteiger partial charge in [0.2, 0.25) is 5.78 Å². The predicted octanol–water partition coefficient (Wildman–Crippen LogP) is 2.88. The number of aromatic nitrogens is 1. The Hall–Kier alpha value is -1.87. The van der Waals surface area contributed by atoms with E-state index in [1.807, 2.05) is 54.9 Å². The molecule has 2 aromatic rings. The van der Waals surface area contributed by atoms with Crippen molar-refractivity contribution in [2.45, 2.75) is 32.8 Å². The number of nitrogens with zero attached hydrogens (tertiary/aromatic N) is 1. The third-order valence-electron chi connectivity index (χ3n) is 3.59. The molecule has 1 aromatic carbocycles. The average molecular weight is 271 g/mol. The fraction of sp³-hybridized carbons (Fsp3) is 0.353. The van der Waals surface area contributed by atoms with Gasteiger partial charge in [0.15, 0.2) is 0 Å². The molecule has 3 nitrogen and oxygen atoms in total. The van der Waals surface area contributed by atoms with Gasteiger partial charge in [0.1, 0.15) is 0 Å². The van der Waals surface area contributed by atoms with Crippen LogP contribution in [0.25, 0.3) is 0 Å². The second-order valence-electron chi connectivity index (χ2n) is 5.35. The molecule has 1 aromatic heterocycles. The molecule has 0 saturated carbocycles. The number of hydrogen-bond acceptors (Lipinski definition) is 2. The van der Waals surface area contributed by atoms with Crippen molar-refractivity contribution in [1.82, 2.24) is 4.57 Å². The van der Waals surface area contributed by atoms with Crippen molar-refractivity contribution < 1.29 is 9.90 Å². The molecule has 2 rings (SSSR count). The lowest BCUT2D eigenvalue weighted by molar-refractivity contribution is 0.103. The summed E-state index contributed by atoms with van der Waals surface area (Å²) in [5.74, 6) is 0.0378. The van der Waals surface area contributed by atoms with Crippen LogP contribution in [0.3, 0.4) is 0 Å². The molecular weight excluding hydrogens is 250 g/mol. The summed E-state index contributed by atoms with van der Waals surface area (Å²) in [6, 6.07) is 11.4. The van der Waals surface area contributed by atoms with E-state index in [0.717, 1.165) is 17.7 Å². The Morgan fingerprint density at radius 3 is 2.45 bits per heavy atom. The molecule has 1 unspecified atom stereocenters. The van der Waals surface area contributed by atoms with Crippen LogP contribution >= 0.6 is 0 Å². The quantitative estimate of drug-likeness (QED) is 0.850. The van der Waals surface area contributed by atoms with Gasteiger partial charge < -0.3 is 9.67 Å². The van der Waals surface area contributed by atoms with E-state index >= 15 is 0 Å². The highest BCUT2D eigenvalue weighted by Crippen LogP contribution is 2.15. The van der Waals surface area contributed by atoms with Gasteiger partial charge in [0.25, 0.3) is 0 Å². The molecule has 0 aliphatic carbocycles. The van der Waals surface area contributed by atoms with Crippen LogP contribution in [0.5, 0.6) is 0 Å². The van der Waals surface area contributed by atoms with Crippen LogP contribution in [0.15, 0.2) is 36.4 Å². The third kappa shape index (κ3) is 3.17. The van der Waals surface area contributed by atoms with E-state index in [0.29, 0.717) is 17.7 Å². The highest BCUT2D eigenvalue weighted by Gasteiger charge is 2.14. The Bertz CT molecular complexity index is 594. The van der Waals surface area contributed by atoms with E-state index in [9.17, 15) is 9.90 Å². The van der Waals surface area contributed by atoms with Crippen LogP contribution in [0.2, 0.25) is 0 Å². The van der Waals surface area contributed by atoms with Gasteiger partial charge in [-0.15, -0.1) is 0 Å². The lowest BCUT2D eigenvalue weighted by Crippen LogP contribution is -2.10. The molecule has 0 amide bonds. The second-order valence-corrected chi connectivity index (χ2v) is 5.35. The SMILES string of the molecule is Cc1ccc(C(=O)c2ccc(CCC(C)O)n2C)cc1. The Kier molecular flexibility index (Phi) is 4.40. The Morgan fingerprint density at radius 2 is 1.85 bits per heavy atom. The molecule has 0 aliphatic rings. The molecule has 20 heavy (non-hydrogen) atoms. The summed E-state index contributed by atoms with van der Waals surface area (Å²) < 4.78 is 1.92. The molecule has 0 aliphatic heterocycles. The van der Waals surface area contributed by atoms with Gasteiger partial charge in [-0.3, -0.25) is 4.79 Å². The molecule has 1 N–H and O–H groups in total. The molecule has 0 spiro atoms. The Morgan fingerprint density at radius 1 is 1.20 bits per heavy atom. The van der Waals surface area contributed by atoms with Gasteiger partial charge in [-0.1, -0.05) is 29.8 Å². The van der Waals surface area contributed by atoms with Gasteiger partial charge in [0, 0.05) is 18.3 Å². The van der Waals surface area contributed by atoms with E-state index in [1.54, 1.807) is 6.92 Å². The lowest BCUT2D eigenvalue weighted by atomic mass is 10.1. The third-order valence-corrected chi connectivity index (χ3v) is 3.59. The summed E-state index contributed by atoms with van der Waals surface area (Å²) in [6.45, 7) is 3.78. The highest BCUT2D eigenvalue weighted by atomic mass is 16.3. The summed E-state index contributed by atoms with van der Waals surface area (Å²) in [7, 11) is 1.90. The number of aliphatic hydroxyl groups is 1. The highest BCUT2D eigenvalue weighted by molar-refractivity contribution is 6.08. The maximum Gasteiger partial charge on any atom is 0.209 e. The summed E-state index contributed by atoms with van der Waals surface area (Å²) in [6.07, 6.45) is 1.16. The van der Waals surface area contributed by atoms with Crippen molar-refractivity contribution in [3.05, 3.63) is 58.9 Å². The smallest absolute Gasteiger partial charge is 0.209 e. The normalized spacial score (nSPS) is 12.4. The first-order valence-electron chi connectivity index (χ1n) is 6.93. The van der Waals surface area contributed by atoms with Crippen LogP contribution in [-0.4, -0.2) is 21.6 Å². The van der Waals surface area contributed by atoms with Crippen molar-refractivity contribution >= 4 is 5.78 Å². The number of ketones is 1. The number of carbonyl (C=O) groups excluding carboxylic acids is 1. The van der Waals surface area contributed by atoms with Gasteiger partial charge in [0.05, 0.1) is 11.8 Å². The van der Waals surface area contributed by atoms with Crippen molar-refractivity contribution in [2.75, 3.05) is 0 Å². The lowest BCUT2D eigenvalue weighted by Gasteiger charge is -2.08. The number of aliphatic hydroxyl groups excluding tert-OH is 1. The van der Waals surface area contributed by atoms with E-state index in [1.165, 1.54) is 0 Å². The van der Waals surface area contributed by atoms with Crippen molar-refractivity contribution in [3.63, 3.8) is 0 Å². The maximum atomic E-state index is 12.5. The van der Waals surface area contributed by atoms with E-state index in [4.69, 9.17) is 0 Å². The number of rotatable bonds is 5.